The number of nitrogens with zero attached hydrogens (tertiary/aromatic N) is 4. The molecular weight excluding hydrogens is 609 g/mol. The molecule has 9 rings (SSSR count). The molecule has 9 aromatic rings. The van der Waals surface area contributed by atoms with E-state index in [1.54, 1.807) is 0 Å². The van der Waals surface area contributed by atoms with Crippen LogP contribution >= 0.6 is 0 Å². The first-order chi connectivity index (χ1) is 24.8. The average Bonchev–Trinajstić information content (AvgIpc) is 3.21. The number of pyridine rings is 4. The van der Waals surface area contributed by atoms with E-state index in [4.69, 9.17) is 9.97 Å². The summed E-state index contributed by atoms with van der Waals surface area (Å²) in [4.78, 5) is 19.0. The van der Waals surface area contributed by atoms with E-state index in [0.29, 0.717) is 0 Å². The zero-order valence-corrected chi connectivity index (χ0v) is 27.1. The van der Waals surface area contributed by atoms with Crippen molar-refractivity contribution in [2.24, 2.45) is 0 Å². The number of benzene rings is 5. The average molecular weight is 639 g/mol. The van der Waals surface area contributed by atoms with Crippen LogP contribution in [0.5, 0.6) is 0 Å². The maximum atomic E-state index is 4.85. The molecule has 0 fully saturated rings. The standard InChI is InChI=1S/C46H30N4/c1-3-7-31(8-4-1)33-11-15-35(16-12-33)37-25-39(29-47-27-37)41-21-23-49-45-43(41)19-20-44-42(22-24-50-46(44)45)40-26-38(28-48-30-40)36-17-13-34(14-18-36)32-9-5-2-6-10-32/h1-30H. The predicted molar refractivity (Wildman–Crippen MR) is 205 cm³/mol. The van der Waals surface area contributed by atoms with Gasteiger partial charge in [0, 0.05) is 70.2 Å². The van der Waals surface area contributed by atoms with Crippen molar-refractivity contribution in [1.82, 2.24) is 19.9 Å². The number of hydrogen-bond acceptors (Lipinski definition) is 4. The van der Waals surface area contributed by atoms with Crippen LogP contribution < -0.4 is 0 Å². The fourth-order valence-corrected chi connectivity index (χ4v) is 6.79. The van der Waals surface area contributed by atoms with Crippen LogP contribution in [-0.4, -0.2) is 19.9 Å². The summed E-state index contributed by atoms with van der Waals surface area (Å²) in [6, 6.07) is 51.1. The predicted octanol–water partition coefficient (Wildman–Crippen LogP) is 11.6. The molecule has 0 radical (unpaired) electrons. The van der Waals surface area contributed by atoms with Crippen LogP contribution in [0, 0.1) is 0 Å². The third-order valence-electron chi connectivity index (χ3n) is 9.37. The largest absolute Gasteiger partial charge is 0.263 e. The first-order valence-corrected chi connectivity index (χ1v) is 16.7. The highest BCUT2D eigenvalue weighted by molar-refractivity contribution is 6.11. The summed E-state index contributed by atoms with van der Waals surface area (Å²) in [5.41, 5.74) is 15.1. The molecule has 0 N–H and O–H groups in total. The number of fused-ring (bicyclic) bond motifs is 3. The Labute approximate surface area is 290 Å². The first-order valence-electron chi connectivity index (χ1n) is 16.7. The van der Waals surface area contributed by atoms with Gasteiger partial charge in [-0.05, 0) is 68.8 Å². The van der Waals surface area contributed by atoms with Gasteiger partial charge in [0.05, 0.1) is 11.0 Å². The van der Waals surface area contributed by atoms with Gasteiger partial charge in [-0.2, -0.15) is 0 Å². The third-order valence-corrected chi connectivity index (χ3v) is 9.37. The second kappa shape index (κ2) is 12.7. The number of aromatic nitrogens is 4. The van der Waals surface area contributed by atoms with Crippen molar-refractivity contribution in [2.75, 3.05) is 0 Å². The van der Waals surface area contributed by atoms with Crippen LogP contribution in [0.15, 0.2) is 183 Å². The minimum atomic E-state index is 0.861. The molecule has 0 amide bonds. The molecule has 4 nitrogen and oxygen atoms in total. The Bertz CT molecular complexity index is 2430. The summed E-state index contributed by atoms with van der Waals surface area (Å²) < 4.78 is 0. The molecule has 234 valence electrons. The maximum absolute atomic E-state index is 4.85. The summed E-state index contributed by atoms with van der Waals surface area (Å²) in [5, 5.41) is 2.07. The van der Waals surface area contributed by atoms with Gasteiger partial charge in [-0.3, -0.25) is 19.9 Å². The normalized spacial score (nSPS) is 11.2. The monoisotopic (exact) mass is 638 g/mol. The summed E-state index contributed by atoms with van der Waals surface area (Å²) in [5.74, 6) is 0. The second-order valence-corrected chi connectivity index (χ2v) is 12.4. The fraction of sp³-hybridized carbons (Fsp3) is 0. The summed E-state index contributed by atoms with van der Waals surface area (Å²) >= 11 is 0. The first kappa shape index (κ1) is 29.4. The highest BCUT2D eigenvalue weighted by Crippen LogP contribution is 2.37. The van der Waals surface area contributed by atoms with E-state index in [1.165, 1.54) is 22.3 Å². The van der Waals surface area contributed by atoms with Crippen molar-refractivity contribution in [1.29, 1.82) is 0 Å². The zero-order chi connectivity index (χ0) is 33.3. The Kier molecular flexibility index (Phi) is 7.45. The molecule has 0 aliphatic carbocycles. The van der Waals surface area contributed by atoms with Crippen molar-refractivity contribution in [2.45, 2.75) is 0 Å². The van der Waals surface area contributed by atoms with Crippen molar-refractivity contribution in [3.63, 3.8) is 0 Å². The molecule has 0 saturated carbocycles. The van der Waals surface area contributed by atoms with Crippen LogP contribution in [0.1, 0.15) is 0 Å². The Morgan fingerprint density at radius 2 is 0.620 bits per heavy atom. The lowest BCUT2D eigenvalue weighted by molar-refractivity contribution is 1.32. The van der Waals surface area contributed by atoms with E-state index in [1.807, 2.05) is 49.3 Å². The van der Waals surface area contributed by atoms with Crippen molar-refractivity contribution in [3.05, 3.63) is 183 Å². The summed E-state index contributed by atoms with van der Waals surface area (Å²) in [7, 11) is 0. The van der Waals surface area contributed by atoms with Crippen LogP contribution in [0.25, 0.3) is 88.6 Å². The van der Waals surface area contributed by atoms with Gasteiger partial charge < -0.3 is 0 Å². The molecular formula is C46H30N4. The van der Waals surface area contributed by atoms with Gasteiger partial charge >= 0.3 is 0 Å². The molecule has 4 heterocycles. The van der Waals surface area contributed by atoms with Crippen LogP contribution in [0.2, 0.25) is 0 Å². The Morgan fingerprint density at radius 3 is 1.02 bits per heavy atom. The van der Waals surface area contributed by atoms with Gasteiger partial charge in [-0.25, -0.2) is 0 Å². The molecule has 5 aromatic carbocycles. The highest BCUT2D eigenvalue weighted by atomic mass is 14.7. The lowest BCUT2D eigenvalue weighted by Crippen LogP contribution is -1.92. The van der Waals surface area contributed by atoms with Crippen molar-refractivity contribution in [3.8, 4) is 66.8 Å². The molecule has 0 unspecified atom stereocenters. The Balaban J connectivity index is 1.06. The molecule has 0 atom stereocenters. The van der Waals surface area contributed by atoms with Crippen molar-refractivity contribution < 1.29 is 0 Å². The molecule has 4 heteroatoms. The van der Waals surface area contributed by atoms with Gasteiger partial charge in [-0.1, -0.05) is 121 Å². The number of hydrogen-bond donors (Lipinski definition) is 0. The van der Waals surface area contributed by atoms with E-state index in [9.17, 15) is 0 Å². The van der Waals surface area contributed by atoms with Gasteiger partial charge in [0.15, 0.2) is 0 Å². The molecule has 0 bridgehead atoms. The van der Waals surface area contributed by atoms with Crippen LogP contribution in [0.3, 0.4) is 0 Å². The minimum absolute atomic E-state index is 0.861. The Hall–Kier alpha value is -6.78. The summed E-state index contributed by atoms with van der Waals surface area (Å²) in [6.07, 6.45) is 11.4. The molecule has 0 aliphatic rings. The van der Waals surface area contributed by atoms with Gasteiger partial charge in [0.2, 0.25) is 0 Å². The SMILES string of the molecule is c1ccc(-c2ccc(-c3cncc(-c4ccnc5c4ccc4c(-c6cncc(-c7ccc(-c8ccccc8)cc7)c6)ccnc45)c3)cc2)cc1. The second-order valence-electron chi connectivity index (χ2n) is 12.4. The highest BCUT2D eigenvalue weighted by Gasteiger charge is 2.14. The van der Waals surface area contributed by atoms with Gasteiger partial charge in [-0.15, -0.1) is 0 Å². The zero-order valence-electron chi connectivity index (χ0n) is 27.1. The molecule has 0 spiro atoms. The topological polar surface area (TPSA) is 51.6 Å². The molecule has 0 aliphatic heterocycles. The van der Waals surface area contributed by atoms with E-state index >= 15 is 0 Å². The molecule has 50 heavy (non-hydrogen) atoms. The lowest BCUT2D eigenvalue weighted by atomic mass is 9.95. The van der Waals surface area contributed by atoms with Gasteiger partial charge in [0.25, 0.3) is 0 Å². The smallest absolute Gasteiger partial charge is 0.0971 e. The Morgan fingerprint density at radius 1 is 0.280 bits per heavy atom. The molecule has 4 aromatic heterocycles. The van der Waals surface area contributed by atoms with E-state index in [0.717, 1.165) is 66.3 Å². The van der Waals surface area contributed by atoms with E-state index in [2.05, 4.69) is 143 Å². The maximum Gasteiger partial charge on any atom is 0.0971 e. The third kappa shape index (κ3) is 5.49. The minimum Gasteiger partial charge on any atom is -0.263 e. The van der Waals surface area contributed by atoms with Crippen LogP contribution in [0.4, 0.5) is 0 Å². The quantitative estimate of drug-likeness (QED) is 0.170. The van der Waals surface area contributed by atoms with Gasteiger partial charge in [0.1, 0.15) is 0 Å². The molecule has 0 saturated heterocycles. The summed E-state index contributed by atoms with van der Waals surface area (Å²) in [6.45, 7) is 0. The van der Waals surface area contributed by atoms with E-state index in [-0.39, 0.29) is 0 Å². The van der Waals surface area contributed by atoms with Crippen LogP contribution in [-0.2, 0) is 0 Å². The van der Waals surface area contributed by atoms with E-state index < -0.39 is 0 Å². The lowest BCUT2D eigenvalue weighted by Gasteiger charge is -2.12. The van der Waals surface area contributed by atoms with Crippen molar-refractivity contribution >= 4 is 21.8 Å². The number of rotatable bonds is 6. The fourth-order valence-electron chi connectivity index (χ4n) is 6.79.